The van der Waals surface area contributed by atoms with Crippen LogP contribution in [0.25, 0.3) is 34.0 Å². The number of allylic oxidation sites excluding steroid dienone is 3. The lowest BCUT2D eigenvalue weighted by Crippen LogP contribution is -1.99. The van der Waals surface area contributed by atoms with Gasteiger partial charge in [0.05, 0.1) is 5.69 Å². The van der Waals surface area contributed by atoms with Crippen molar-refractivity contribution in [2.24, 2.45) is 0 Å². The molecule has 0 unspecified atom stereocenters. The van der Waals surface area contributed by atoms with Crippen LogP contribution in [-0.2, 0) is 6.42 Å². The lowest BCUT2D eigenvalue weighted by atomic mass is 9.91. The smallest absolute Gasteiger partial charge is 0.151 e. The molecule has 1 aliphatic carbocycles. The molecule has 0 saturated heterocycles. The standard InChI is InChI=1S/C30H24N2O/c1-20(21-16-17-27-25(19-21)23-11-5-7-13-26(23)32-27)15-18-29-30(31-22-9-3-2-4-10-22)24-12-6-8-14-28(24)33-29/h2-15,18-19,31-32H,1,16-17H2/b18-15-. The third-order valence-electron chi connectivity index (χ3n) is 6.31. The van der Waals surface area contributed by atoms with Gasteiger partial charge in [0.15, 0.2) is 5.76 Å². The number of anilines is 2. The SMILES string of the molecule is C=C(/C=C\c1oc2ccccc2c1Nc1ccccc1)C1=Cc2c([nH]c3ccccc23)CC1. The van der Waals surface area contributed by atoms with Crippen molar-refractivity contribution in [1.82, 2.24) is 4.98 Å². The van der Waals surface area contributed by atoms with Crippen LogP contribution in [0.15, 0.2) is 107 Å². The van der Waals surface area contributed by atoms with Crippen molar-refractivity contribution in [3.8, 4) is 0 Å². The van der Waals surface area contributed by atoms with Crippen molar-refractivity contribution < 1.29 is 4.42 Å². The first-order chi connectivity index (χ1) is 16.3. The number of aryl methyl sites for hydroxylation is 1. The summed E-state index contributed by atoms with van der Waals surface area (Å²) in [6.07, 6.45) is 8.34. The van der Waals surface area contributed by atoms with Gasteiger partial charge in [-0.2, -0.15) is 0 Å². The molecule has 0 atom stereocenters. The van der Waals surface area contributed by atoms with Gasteiger partial charge in [-0.1, -0.05) is 61.2 Å². The topological polar surface area (TPSA) is 41.0 Å². The molecule has 0 aliphatic heterocycles. The Balaban J connectivity index is 1.33. The Hall–Kier alpha value is -4.24. The van der Waals surface area contributed by atoms with Gasteiger partial charge in [0.2, 0.25) is 0 Å². The molecule has 2 heterocycles. The summed E-state index contributed by atoms with van der Waals surface area (Å²) in [7, 11) is 0. The average Bonchev–Trinajstić information content (AvgIpc) is 3.41. The minimum atomic E-state index is 0.797. The second-order valence-corrected chi connectivity index (χ2v) is 8.42. The van der Waals surface area contributed by atoms with Gasteiger partial charge in [0.1, 0.15) is 5.58 Å². The first-order valence-electron chi connectivity index (χ1n) is 11.3. The Bertz CT molecular complexity index is 1550. The van der Waals surface area contributed by atoms with E-state index in [0.29, 0.717) is 0 Å². The molecule has 3 aromatic carbocycles. The Labute approximate surface area is 192 Å². The molecule has 0 bridgehead atoms. The van der Waals surface area contributed by atoms with E-state index in [1.165, 1.54) is 27.7 Å². The molecule has 3 heteroatoms. The van der Waals surface area contributed by atoms with Gasteiger partial charge in [-0.25, -0.2) is 0 Å². The lowest BCUT2D eigenvalue weighted by Gasteiger charge is -2.14. The number of hydrogen-bond acceptors (Lipinski definition) is 2. The van der Waals surface area contributed by atoms with Crippen LogP contribution >= 0.6 is 0 Å². The summed E-state index contributed by atoms with van der Waals surface area (Å²) in [5, 5.41) is 5.87. The zero-order chi connectivity index (χ0) is 22.2. The largest absolute Gasteiger partial charge is 0.454 e. The van der Waals surface area contributed by atoms with Gasteiger partial charge in [0.25, 0.3) is 0 Å². The summed E-state index contributed by atoms with van der Waals surface area (Å²) in [6.45, 7) is 4.37. The highest BCUT2D eigenvalue weighted by Crippen LogP contribution is 2.36. The first-order valence-corrected chi connectivity index (χ1v) is 11.3. The highest BCUT2D eigenvalue weighted by molar-refractivity contribution is 5.97. The number of aromatic amines is 1. The maximum Gasteiger partial charge on any atom is 0.151 e. The normalized spacial score (nSPS) is 13.4. The van der Waals surface area contributed by atoms with Crippen molar-refractivity contribution in [1.29, 1.82) is 0 Å². The average molecular weight is 429 g/mol. The van der Waals surface area contributed by atoms with Crippen molar-refractivity contribution in [2.75, 3.05) is 5.32 Å². The molecule has 160 valence electrons. The molecule has 2 N–H and O–H groups in total. The molecule has 0 amide bonds. The van der Waals surface area contributed by atoms with E-state index in [4.69, 9.17) is 4.42 Å². The fourth-order valence-electron chi connectivity index (χ4n) is 4.60. The monoisotopic (exact) mass is 428 g/mol. The number of rotatable bonds is 5. The number of fused-ring (bicyclic) bond motifs is 4. The quantitative estimate of drug-likeness (QED) is 0.277. The van der Waals surface area contributed by atoms with Crippen molar-refractivity contribution in [3.05, 3.63) is 120 Å². The Kier molecular flexibility index (Phi) is 4.73. The van der Waals surface area contributed by atoms with Crippen molar-refractivity contribution in [2.45, 2.75) is 12.8 Å². The zero-order valence-corrected chi connectivity index (χ0v) is 18.3. The third kappa shape index (κ3) is 3.58. The number of H-pyrrole nitrogens is 1. The zero-order valence-electron chi connectivity index (χ0n) is 18.3. The second-order valence-electron chi connectivity index (χ2n) is 8.42. The van der Waals surface area contributed by atoms with Gasteiger partial charge in [-0.3, -0.25) is 0 Å². The molecule has 0 radical (unpaired) electrons. The van der Waals surface area contributed by atoms with E-state index in [9.17, 15) is 0 Å². The molecule has 2 aromatic heterocycles. The summed E-state index contributed by atoms with van der Waals surface area (Å²) >= 11 is 0. The number of aromatic nitrogens is 1. The fraction of sp³-hybridized carbons (Fsp3) is 0.0667. The van der Waals surface area contributed by atoms with E-state index in [0.717, 1.165) is 46.5 Å². The molecule has 6 rings (SSSR count). The Morgan fingerprint density at radius 1 is 0.879 bits per heavy atom. The summed E-state index contributed by atoms with van der Waals surface area (Å²) in [4.78, 5) is 3.56. The number of para-hydroxylation sites is 3. The second kappa shape index (κ2) is 8.03. The van der Waals surface area contributed by atoms with Crippen LogP contribution < -0.4 is 5.32 Å². The molecular formula is C30H24N2O. The van der Waals surface area contributed by atoms with Crippen LogP contribution in [0.5, 0.6) is 0 Å². The number of nitrogens with one attached hydrogen (secondary N) is 2. The van der Waals surface area contributed by atoms with Gasteiger partial charge in [-0.05, 0) is 66.5 Å². The highest BCUT2D eigenvalue weighted by atomic mass is 16.3. The predicted molar refractivity (Wildman–Crippen MR) is 139 cm³/mol. The van der Waals surface area contributed by atoms with Crippen LogP contribution in [0, 0.1) is 0 Å². The molecule has 1 aliphatic rings. The Morgan fingerprint density at radius 3 is 2.52 bits per heavy atom. The summed E-state index contributed by atoms with van der Waals surface area (Å²) in [5.74, 6) is 0.797. The lowest BCUT2D eigenvalue weighted by molar-refractivity contribution is 0.605. The van der Waals surface area contributed by atoms with Crippen LogP contribution in [0.2, 0.25) is 0 Å². The molecule has 33 heavy (non-hydrogen) atoms. The van der Waals surface area contributed by atoms with E-state index in [-0.39, 0.29) is 0 Å². The number of furan rings is 1. The molecule has 5 aromatic rings. The number of hydrogen-bond donors (Lipinski definition) is 2. The van der Waals surface area contributed by atoms with E-state index >= 15 is 0 Å². The van der Waals surface area contributed by atoms with Gasteiger partial charge < -0.3 is 14.7 Å². The van der Waals surface area contributed by atoms with E-state index < -0.39 is 0 Å². The summed E-state index contributed by atoms with van der Waals surface area (Å²) in [6, 6.07) is 26.8. The van der Waals surface area contributed by atoms with Crippen molar-refractivity contribution >= 4 is 45.4 Å². The first kappa shape index (κ1) is 19.4. The fourth-order valence-corrected chi connectivity index (χ4v) is 4.60. The van der Waals surface area contributed by atoms with Crippen LogP contribution in [-0.4, -0.2) is 4.98 Å². The molecule has 3 nitrogen and oxygen atoms in total. The Morgan fingerprint density at radius 2 is 1.64 bits per heavy atom. The maximum atomic E-state index is 6.20. The number of benzene rings is 3. The van der Waals surface area contributed by atoms with Crippen molar-refractivity contribution in [3.63, 3.8) is 0 Å². The van der Waals surface area contributed by atoms with E-state index in [2.05, 4.69) is 71.5 Å². The minimum Gasteiger partial charge on any atom is -0.454 e. The van der Waals surface area contributed by atoms with Crippen LogP contribution in [0.1, 0.15) is 23.4 Å². The molecule has 0 saturated carbocycles. The van der Waals surface area contributed by atoms with Crippen LogP contribution in [0.3, 0.4) is 0 Å². The van der Waals surface area contributed by atoms with Gasteiger partial charge in [0, 0.05) is 33.2 Å². The molecule has 0 spiro atoms. The maximum absolute atomic E-state index is 6.20. The van der Waals surface area contributed by atoms with Crippen LogP contribution in [0.4, 0.5) is 11.4 Å². The third-order valence-corrected chi connectivity index (χ3v) is 6.31. The summed E-state index contributed by atoms with van der Waals surface area (Å²) < 4.78 is 6.20. The van der Waals surface area contributed by atoms with Gasteiger partial charge in [-0.15, -0.1) is 0 Å². The molecule has 0 fully saturated rings. The van der Waals surface area contributed by atoms with E-state index in [1.807, 2.05) is 42.5 Å². The van der Waals surface area contributed by atoms with Gasteiger partial charge >= 0.3 is 0 Å². The predicted octanol–water partition coefficient (Wildman–Crippen LogP) is 8.26. The van der Waals surface area contributed by atoms with E-state index in [1.54, 1.807) is 0 Å². The highest BCUT2D eigenvalue weighted by Gasteiger charge is 2.17. The summed E-state index contributed by atoms with van der Waals surface area (Å²) in [5.41, 5.74) is 8.92. The minimum absolute atomic E-state index is 0.797. The molecular weight excluding hydrogens is 404 g/mol.